The van der Waals surface area contributed by atoms with Crippen molar-refractivity contribution in [2.24, 2.45) is 7.05 Å². The molecule has 0 bridgehead atoms. The zero-order chi connectivity index (χ0) is 10.8. The van der Waals surface area contributed by atoms with Crippen LogP contribution in [0.3, 0.4) is 0 Å². The first-order valence-corrected chi connectivity index (χ1v) is 5.21. The molecule has 1 heterocycles. The van der Waals surface area contributed by atoms with Gasteiger partial charge in [-0.3, -0.25) is 0 Å². The van der Waals surface area contributed by atoms with Crippen LogP contribution in [0.25, 0.3) is 11.3 Å². The van der Waals surface area contributed by atoms with E-state index in [-0.39, 0.29) is 24.0 Å². The molecule has 0 aliphatic carbocycles. The monoisotopic (exact) mass is 325 g/mol. The Hall–Kier alpha value is -0.900. The van der Waals surface area contributed by atoms with Gasteiger partial charge >= 0.3 is 0 Å². The summed E-state index contributed by atoms with van der Waals surface area (Å²) in [5, 5.41) is 0. The van der Waals surface area contributed by atoms with Crippen LogP contribution >= 0.6 is 0 Å². The van der Waals surface area contributed by atoms with E-state index >= 15 is 0 Å². The van der Waals surface area contributed by atoms with Gasteiger partial charge in [-0.25, -0.2) is 4.57 Å². The minimum absolute atomic E-state index is 0. The lowest BCUT2D eigenvalue weighted by molar-refractivity contribution is -0.660. The van der Waals surface area contributed by atoms with Gasteiger partial charge in [0.15, 0.2) is 6.20 Å². The summed E-state index contributed by atoms with van der Waals surface area (Å²) in [6.07, 6.45) is 2.09. The van der Waals surface area contributed by atoms with E-state index < -0.39 is 0 Å². The molecule has 0 saturated heterocycles. The number of benzene rings is 1. The zero-order valence-corrected chi connectivity index (χ0v) is 12.0. The van der Waals surface area contributed by atoms with Gasteiger partial charge in [0.25, 0.3) is 0 Å². The summed E-state index contributed by atoms with van der Waals surface area (Å²) in [4.78, 5) is 0. The maximum atomic E-state index is 2.18. The first-order valence-electron chi connectivity index (χ1n) is 5.21. The van der Waals surface area contributed by atoms with Gasteiger partial charge in [-0.05, 0) is 31.5 Å². The van der Waals surface area contributed by atoms with Crippen LogP contribution in [0.4, 0.5) is 0 Å². The van der Waals surface area contributed by atoms with Gasteiger partial charge in [0.2, 0.25) is 5.69 Å². The van der Waals surface area contributed by atoms with Crippen LogP contribution in [0.2, 0.25) is 0 Å². The molecule has 0 atom stereocenters. The number of hydrogen-bond donors (Lipinski definition) is 0. The Morgan fingerprint density at radius 1 is 0.875 bits per heavy atom. The molecule has 2 rings (SSSR count). The fourth-order valence-corrected chi connectivity index (χ4v) is 1.99. The molecule has 0 aliphatic rings. The highest BCUT2D eigenvalue weighted by molar-refractivity contribution is 5.63. The van der Waals surface area contributed by atoms with Crippen molar-refractivity contribution in [3.05, 3.63) is 53.7 Å². The van der Waals surface area contributed by atoms with E-state index in [1.807, 2.05) is 0 Å². The molecular formula is C14H16IN. The molecule has 2 aromatic rings. The van der Waals surface area contributed by atoms with E-state index in [1.165, 1.54) is 22.4 Å². The SMILES string of the molecule is Cc1ccccc1-c1c(C)ccc[n+]1C.[I-]. The third kappa shape index (κ3) is 2.43. The molecule has 0 N–H and O–H groups in total. The number of pyridine rings is 1. The number of hydrogen-bond acceptors (Lipinski definition) is 0. The smallest absolute Gasteiger partial charge is 0.215 e. The lowest BCUT2D eigenvalue weighted by Gasteiger charge is -2.06. The van der Waals surface area contributed by atoms with Crippen LogP contribution in [-0.4, -0.2) is 0 Å². The lowest BCUT2D eigenvalue weighted by atomic mass is 10.0. The fourth-order valence-electron chi connectivity index (χ4n) is 1.99. The van der Waals surface area contributed by atoms with E-state index in [1.54, 1.807) is 0 Å². The Morgan fingerprint density at radius 3 is 2.12 bits per heavy atom. The second-order valence-corrected chi connectivity index (χ2v) is 3.97. The molecule has 1 aromatic heterocycles. The summed E-state index contributed by atoms with van der Waals surface area (Å²) < 4.78 is 2.18. The van der Waals surface area contributed by atoms with E-state index in [4.69, 9.17) is 0 Å². The zero-order valence-electron chi connectivity index (χ0n) is 9.87. The molecule has 2 heteroatoms. The molecule has 0 saturated carbocycles. The van der Waals surface area contributed by atoms with E-state index in [9.17, 15) is 0 Å². The molecule has 84 valence electrons. The third-order valence-electron chi connectivity index (χ3n) is 2.78. The van der Waals surface area contributed by atoms with E-state index in [2.05, 4.69) is 68.1 Å². The van der Waals surface area contributed by atoms with Crippen molar-refractivity contribution in [1.82, 2.24) is 0 Å². The quantitative estimate of drug-likeness (QED) is 0.505. The second kappa shape index (κ2) is 5.43. The Bertz CT molecular complexity index is 472. The van der Waals surface area contributed by atoms with Crippen molar-refractivity contribution >= 4 is 0 Å². The molecule has 16 heavy (non-hydrogen) atoms. The Balaban J connectivity index is 0.00000128. The lowest BCUT2D eigenvalue weighted by Crippen LogP contribution is -3.00. The van der Waals surface area contributed by atoms with Crippen LogP contribution in [0, 0.1) is 13.8 Å². The Kier molecular flexibility index (Phi) is 4.47. The average molecular weight is 325 g/mol. The van der Waals surface area contributed by atoms with Crippen LogP contribution in [0.5, 0.6) is 0 Å². The molecule has 0 amide bonds. The van der Waals surface area contributed by atoms with Crippen LogP contribution < -0.4 is 28.5 Å². The third-order valence-corrected chi connectivity index (χ3v) is 2.78. The highest BCUT2D eigenvalue weighted by Crippen LogP contribution is 2.22. The summed E-state index contributed by atoms with van der Waals surface area (Å²) in [5.41, 5.74) is 5.26. The van der Waals surface area contributed by atoms with Gasteiger partial charge in [0.1, 0.15) is 7.05 Å². The van der Waals surface area contributed by atoms with Gasteiger partial charge in [0.05, 0.1) is 0 Å². The van der Waals surface area contributed by atoms with Crippen LogP contribution in [0.15, 0.2) is 42.6 Å². The van der Waals surface area contributed by atoms with Gasteiger partial charge in [-0.15, -0.1) is 0 Å². The van der Waals surface area contributed by atoms with Crippen molar-refractivity contribution in [3.8, 4) is 11.3 Å². The van der Waals surface area contributed by atoms with Gasteiger partial charge in [-0.2, -0.15) is 0 Å². The highest BCUT2D eigenvalue weighted by atomic mass is 127. The summed E-state index contributed by atoms with van der Waals surface area (Å²) >= 11 is 0. The number of halogens is 1. The maximum Gasteiger partial charge on any atom is 0.215 e. The number of nitrogens with zero attached hydrogens (tertiary/aromatic N) is 1. The van der Waals surface area contributed by atoms with Crippen LogP contribution in [0.1, 0.15) is 11.1 Å². The second-order valence-electron chi connectivity index (χ2n) is 3.97. The predicted octanol–water partition coefficient (Wildman–Crippen LogP) is -0.201. The predicted molar refractivity (Wildman–Crippen MR) is 62.5 cm³/mol. The first-order chi connectivity index (χ1) is 7.20. The van der Waals surface area contributed by atoms with Crippen molar-refractivity contribution in [3.63, 3.8) is 0 Å². The largest absolute Gasteiger partial charge is 1.00 e. The van der Waals surface area contributed by atoms with Gasteiger partial charge < -0.3 is 24.0 Å². The first kappa shape index (κ1) is 13.2. The van der Waals surface area contributed by atoms with Crippen molar-refractivity contribution in [1.29, 1.82) is 0 Å². The maximum absolute atomic E-state index is 2.18. The summed E-state index contributed by atoms with van der Waals surface area (Å²) in [5.74, 6) is 0. The molecule has 1 aromatic carbocycles. The van der Waals surface area contributed by atoms with Crippen molar-refractivity contribution in [2.45, 2.75) is 13.8 Å². The number of aromatic nitrogens is 1. The molecule has 0 spiro atoms. The number of aryl methyl sites for hydroxylation is 3. The summed E-state index contributed by atoms with van der Waals surface area (Å²) in [7, 11) is 2.09. The average Bonchev–Trinajstić information content (AvgIpc) is 2.20. The summed E-state index contributed by atoms with van der Waals surface area (Å²) in [6, 6.07) is 12.7. The summed E-state index contributed by atoms with van der Waals surface area (Å²) in [6.45, 7) is 4.31. The van der Waals surface area contributed by atoms with E-state index in [0.717, 1.165) is 0 Å². The standard InChI is InChI=1S/C14H16N.HI/c1-11-7-4-5-9-13(11)14-12(2)8-6-10-15(14)3;/h4-10H,1-3H3;1H/q+1;/p-1. The molecule has 0 aliphatic heterocycles. The normalized spacial score (nSPS) is 9.69. The van der Waals surface area contributed by atoms with Gasteiger partial charge in [0, 0.05) is 17.2 Å². The minimum Gasteiger partial charge on any atom is -1.00 e. The molecule has 0 unspecified atom stereocenters. The highest BCUT2D eigenvalue weighted by Gasteiger charge is 2.13. The molecular weight excluding hydrogens is 309 g/mol. The Morgan fingerprint density at radius 2 is 1.50 bits per heavy atom. The number of rotatable bonds is 1. The Labute approximate surface area is 114 Å². The van der Waals surface area contributed by atoms with Crippen molar-refractivity contribution in [2.75, 3.05) is 0 Å². The molecule has 0 fully saturated rings. The van der Waals surface area contributed by atoms with Crippen molar-refractivity contribution < 1.29 is 28.5 Å². The minimum atomic E-state index is 0. The van der Waals surface area contributed by atoms with Gasteiger partial charge in [-0.1, -0.05) is 18.2 Å². The topological polar surface area (TPSA) is 3.88 Å². The van der Waals surface area contributed by atoms with Crippen LogP contribution in [-0.2, 0) is 7.05 Å². The molecule has 1 nitrogen and oxygen atoms in total. The molecule has 0 radical (unpaired) electrons. The van der Waals surface area contributed by atoms with E-state index in [0.29, 0.717) is 0 Å². The fraction of sp³-hybridized carbons (Fsp3) is 0.214.